The highest BCUT2D eigenvalue weighted by Crippen LogP contribution is 2.47. The summed E-state index contributed by atoms with van der Waals surface area (Å²) in [5.41, 5.74) is 6.41. The minimum Gasteiger partial charge on any atom is -0.327 e. The third-order valence-corrected chi connectivity index (χ3v) is 5.74. The lowest BCUT2D eigenvalue weighted by atomic mass is 9.84. The van der Waals surface area contributed by atoms with Crippen molar-refractivity contribution in [1.29, 1.82) is 0 Å². The fourth-order valence-electron chi connectivity index (χ4n) is 4.78. The van der Waals surface area contributed by atoms with Crippen LogP contribution in [0.5, 0.6) is 0 Å². The van der Waals surface area contributed by atoms with E-state index in [0.29, 0.717) is 6.04 Å². The van der Waals surface area contributed by atoms with E-state index in [1.165, 1.54) is 51.9 Å². The molecule has 1 heterocycles. The number of rotatable bonds is 4. The summed E-state index contributed by atoms with van der Waals surface area (Å²) in [6.45, 7) is 5.08. The molecule has 5 atom stereocenters. The molecule has 2 aliphatic carbocycles. The van der Waals surface area contributed by atoms with Crippen LogP contribution in [0.15, 0.2) is 0 Å². The van der Waals surface area contributed by atoms with Crippen LogP contribution in [0.4, 0.5) is 0 Å². The summed E-state index contributed by atoms with van der Waals surface area (Å²) in [6, 6.07) is 0.498. The van der Waals surface area contributed by atoms with Gasteiger partial charge in [-0.25, -0.2) is 0 Å². The van der Waals surface area contributed by atoms with Crippen LogP contribution in [0.25, 0.3) is 0 Å². The van der Waals surface area contributed by atoms with E-state index in [1.807, 2.05) is 0 Å². The Balaban J connectivity index is 1.47. The van der Waals surface area contributed by atoms with Crippen molar-refractivity contribution in [2.45, 2.75) is 31.7 Å². The first-order valence-electron chi connectivity index (χ1n) is 7.76. The van der Waals surface area contributed by atoms with Gasteiger partial charge in [0.2, 0.25) is 0 Å². The zero-order valence-corrected chi connectivity index (χ0v) is 12.0. The highest BCUT2D eigenvalue weighted by Gasteiger charge is 2.45. The summed E-state index contributed by atoms with van der Waals surface area (Å²) in [5.74, 6) is 3.47. The van der Waals surface area contributed by atoms with Gasteiger partial charge in [-0.15, -0.1) is 0 Å². The van der Waals surface area contributed by atoms with Crippen molar-refractivity contribution in [3.05, 3.63) is 0 Å². The molecular weight excluding hydrogens is 222 g/mol. The van der Waals surface area contributed by atoms with Gasteiger partial charge in [-0.2, -0.15) is 0 Å². The summed E-state index contributed by atoms with van der Waals surface area (Å²) < 4.78 is 0. The van der Waals surface area contributed by atoms with Crippen LogP contribution < -0.4 is 5.73 Å². The van der Waals surface area contributed by atoms with Gasteiger partial charge in [0.05, 0.1) is 0 Å². The van der Waals surface area contributed by atoms with Gasteiger partial charge < -0.3 is 15.5 Å². The molecule has 1 aliphatic heterocycles. The molecule has 18 heavy (non-hydrogen) atoms. The maximum atomic E-state index is 6.41. The van der Waals surface area contributed by atoms with Crippen LogP contribution in [0.1, 0.15) is 25.7 Å². The molecule has 2 bridgehead atoms. The molecule has 2 N–H and O–H groups in total. The first-order chi connectivity index (χ1) is 8.63. The predicted molar refractivity (Wildman–Crippen MR) is 75.4 cm³/mol. The Bertz CT molecular complexity index is 291. The molecule has 0 aromatic rings. The lowest BCUT2D eigenvalue weighted by Crippen LogP contribution is -2.43. The molecule has 0 amide bonds. The molecular formula is C15H29N3. The number of hydrogen-bond donors (Lipinski definition) is 1. The van der Waals surface area contributed by atoms with E-state index in [2.05, 4.69) is 23.9 Å². The van der Waals surface area contributed by atoms with Gasteiger partial charge in [-0.1, -0.05) is 0 Å². The van der Waals surface area contributed by atoms with E-state index in [9.17, 15) is 0 Å². The van der Waals surface area contributed by atoms with Gasteiger partial charge in [0.1, 0.15) is 0 Å². The molecule has 3 nitrogen and oxygen atoms in total. The summed E-state index contributed by atoms with van der Waals surface area (Å²) in [5, 5.41) is 0. The topological polar surface area (TPSA) is 32.5 Å². The Kier molecular flexibility index (Phi) is 3.65. The van der Waals surface area contributed by atoms with E-state index in [1.54, 1.807) is 0 Å². The molecule has 0 radical (unpaired) electrons. The van der Waals surface area contributed by atoms with Gasteiger partial charge >= 0.3 is 0 Å². The normalized spacial score (nSPS) is 44.3. The average Bonchev–Trinajstić information content (AvgIpc) is 2.99. The Hall–Kier alpha value is -0.120. The highest BCUT2D eigenvalue weighted by molar-refractivity contribution is 4.99. The molecule has 3 heteroatoms. The van der Waals surface area contributed by atoms with E-state index in [-0.39, 0.29) is 0 Å². The van der Waals surface area contributed by atoms with Gasteiger partial charge in [0.15, 0.2) is 0 Å². The molecule has 0 aromatic carbocycles. The quantitative estimate of drug-likeness (QED) is 0.816. The zero-order chi connectivity index (χ0) is 12.7. The van der Waals surface area contributed by atoms with E-state index in [0.717, 1.165) is 23.7 Å². The Morgan fingerprint density at radius 1 is 1.17 bits per heavy atom. The summed E-state index contributed by atoms with van der Waals surface area (Å²) in [7, 11) is 4.54. The van der Waals surface area contributed by atoms with Crippen molar-refractivity contribution in [1.82, 2.24) is 9.80 Å². The van der Waals surface area contributed by atoms with Crippen molar-refractivity contribution in [2.24, 2.45) is 29.4 Å². The third-order valence-electron chi connectivity index (χ3n) is 5.74. The first kappa shape index (κ1) is 12.9. The van der Waals surface area contributed by atoms with Gasteiger partial charge in [0.25, 0.3) is 0 Å². The SMILES string of the molecule is CN1CCC(CN(C)CC2C3CCC(C3)C2N)C1. The number of fused-ring (bicyclic) bond motifs is 2. The van der Waals surface area contributed by atoms with Crippen molar-refractivity contribution < 1.29 is 0 Å². The number of nitrogens with zero attached hydrogens (tertiary/aromatic N) is 2. The average molecular weight is 251 g/mol. The fourth-order valence-corrected chi connectivity index (χ4v) is 4.78. The van der Waals surface area contributed by atoms with E-state index >= 15 is 0 Å². The molecule has 3 rings (SSSR count). The fraction of sp³-hybridized carbons (Fsp3) is 1.00. The van der Waals surface area contributed by atoms with E-state index in [4.69, 9.17) is 5.73 Å². The second-order valence-corrected chi connectivity index (χ2v) is 7.21. The summed E-state index contributed by atoms with van der Waals surface area (Å²) in [6.07, 6.45) is 5.65. The molecule has 0 aromatic heterocycles. The molecule has 5 unspecified atom stereocenters. The molecule has 1 saturated heterocycles. The second kappa shape index (κ2) is 5.10. The number of hydrogen-bond acceptors (Lipinski definition) is 3. The molecule has 104 valence electrons. The number of likely N-dealkylation sites (tertiary alicyclic amines) is 1. The maximum absolute atomic E-state index is 6.41. The summed E-state index contributed by atoms with van der Waals surface area (Å²) in [4.78, 5) is 5.02. The van der Waals surface area contributed by atoms with Gasteiger partial charge in [0, 0.05) is 25.7 Å². The largest absolute Gasteiger partial charge is 0.327 e. The monoisotopic (exact) mass is 251 g/mol. The van der Waals surface area contributed by atoms with Crippen molar-refractivity contribution >= 4 is 0 Å². The number of nitrogens with two attached hydrogens (primary N) is 1. The molecule has 0 spiro atoms. The third kappa shape index (κ3) is 2.45. The standard InChI is InChI=1S/C15H29N3/c1-17-6-5-11(8-17)9-18(2)10-14-12-3-4-13(7-12)15(14)16/h11-15H,3-10,16H2,1-2H3. The van der Waals surface area contributed by atoms with Gasteiger partial charge in [-0.3, -0.25) is 0 Å². The molecule has 2 saturated carbocycles. The maximum Gasteiger partial charge on any atom is 0.0111 e. The van der Waals surface area contributed by atoms with Crippen molar-refractivity contribution in [3.8, 4) is 0 Å². The van der Waals surface area contributed by atoms with E-state index < -0.39 is 0 Å². The van der Waals surface area contributed by atoms with Crippen molar-refractivity contribution in [3.63, 3.8) is 0 Å². The summed E-state index contributed by atoms with van der Waals surface area (Å²) >= 11 is 0. The second-order valence-electron chi connectivity index (χ2n) is 7.21. The van der Waals surface area contributed by atoms with Crippen LogP contribution in [0.2, 0.25) is 0 Å². The van der Waals surface area contributed by atoms with Crippen molar-refractivity contribution in [2.75, 3.05) is 40.3 Å². The van der Waals surface area contributed by atoms with Crippen LogP contribution in [-0.2, 0) is 0 Å². The van der Waals surface area contributed by atoms with Crippen LogP contribution in [0.3, 0.4) is 0 Å². The van der Waals surface area contributed by atoms with Gasteiger partial charge in [-0.05, 0) is 70.0 Å². The Labute approximate surface area is 112 Å². The van der Waals surface area contributed by atoms with Crippen LogP contribution >= 0.6 is 0 Å². The Morgan fingerprint density at radius 2 is 1.94 bits per heavy atom. The smallest absolute Gasteiger partial charge is 0.0111 e. The lowest BCUT2D eigenvalue weighted by Gasteiger charge is -2.32. The zero-order valence-electron chi connectivity index (χ0n) is 12.0. The molecule has 3 aliphatic rings. The van der Waals surface area contributed by atoms with Crippen LogP contribution in [-0.4, -0.2) is 56.1 Å². The predicted octanol–water partition coefficient (Wildman–Crippen LogP) is 1.24. The lowest BCUT2D eigenvalue weighted by molar-refractivity contribution is 0.181. The minimum atomic E-state index is 0.498. The minimum absolute atomic E-state index is 0.498. The highest BCUT2D eigenvalue weighted by atomic mass is 15.2. The molecule has 3 fully saturated rings. The Morgan fingerprint density at radius 3 is 2.56 bits per heavy atom. The first-order valence-corrected chi connectivity index (χ1v) is 7.76. The van der Waals surface area contributed by atoms with Crippen LogP contribution in [0, 0.1) is 23.7 Å².